The SMILES string of the molecule is CCOC(=O)c1cn([BH2-]c2n(-c3c(C(C)C)cccc3C(C)C)cc[n+]2-c2c(C(C)C)cccc2C(C)C)nn1. The quantitative estimate of drug-likeness (QED) is 0.156. The Hall–Kier alpha value is -3.68. The standard InChI is InChI=1S/C32H44BN5O2/c1-10-40-31(39)28-19-38(35-34-28)33-32-36(29-24(20(2)3)13-11-14-25(29)21(4)5)17-18-37(32)30-26(22(6)7)15-12-16-27(30)23(8)9/h11-23H,10,33H2,1-9H3. The topological polar surface area (TPSA) is 65.8 Å². The molecule has 2 heterocycles. The van der Waals surface area contributed by atoms with Crippen molar-refractivity contribution in [2.24, 2.45) is 0 Å². The Kier molecular flexibility index (Phi) is 8.97. The average Bonchev–Trinajstić information content (AvgIpc) is 3.55. The molecule has 0 bridgehead atoms. The lowest BCUT2D eigenvalue weighted by Gasteiger charge is -2.22. The van der Waals surface area contributed by atoms with Crippen molar-refractivity contribution in [1.82, 2.24) is 19.5 Å². The number of rotatable bonds is 10. The van der Waals surface area contributed by atoms with Gasteiger partial charge in [-0.2, -0.15) is 0 Å². The predicted molar refractivity (Wildman–Crippen MR) is 163 cm³/mol. The summed E-state index contributed by atoms with van der Waals surface area (Å²) in [4.78, 5) is 12.4. The number of carbonyl (C=O) groups excluding carboxylic acids is 1. The van der Waals surface area contributed by atoms with E-state index in [2.05, 4.69) is 124 Å². The van der Waals surface area contributed by atoms with Crippen molar-refractivity contribution in [3.8, 4) is 11.4 Å². The van der Waals surface area contributed by atoms with Crippen molar-refractivity contribution < 1.29 is 14.1 Å². The molecule has 0 radical (unpaired) electrons. The zero-order chi connectivity index (χ0) is 29.1. The number of imidazole rings is 1. The van der Waals surface area contributed by atoms with Crippen LogP contribution in [0.25, 0.3) is 11.4 Å². The lowest BCUT2D eigenvalue weighted by Crippen LogP contribution is -2.54. The normalized spacial score (nSPS) is 11.8. The maximum atomic E-state index is 12.4. The van der Waals surface area contributed by atoms with E-state index in [1.54, 1.807) is 13.1 Å². The number of hydrogen-bond acceptors (Lipinski definition) is 4. The van der Waals surface area contributed by atoms with E-state index >= 15 is 0 Å². The van der Waals surface area contributed by atoms with Gasteiger partial charge in [0.05, 0.1) is 6.61 Å². The Labute approximate surface area is 239 Å². The van der Waals surface area contributed by atoms with Gasteiger partial charge in [-0.25, -0.2) is 13.9 Å². The summed E-state index contributed by atoms with van der Waals surface area (Å²) < 4.78 is 11.8. The molecule has 0 aliphatic carbocycles. The number of benzene rings is 2. The van der Waals surface area contributed by atoms with E-state index in [0.29, 0.717) is 30.3 Å². The molecule has 8 heteroatoms. The van der Waals surface area contributed by atoms with Gasteiger partial charge in [-0.15, -0.1) is 10.3 Å². The van der Waals surface area contributed by atoms with Gasteiger partial charge < -0.3 is 9.33 Å². The number of hydrogen-bond donors (Lipinski definition) is 0. The lowest BCUT2D eigenvalue weighted by molar-refractivity contribution is -0.577. The van der Waals surface area contributed by atoms with Gasteiger partial charge >= 0.3 is 5.97 Å². The molecule has 0 atom stereocenters. The summed E-state index contributed by atoms with van der Waals surface area (Å²) in [7, 11) is -1.09. The Balaban J connectivity index is 2.02. The van der Waals surface area contributed by atoms with Gasteiger partial charge in [0, 0.05) is 28.5 Å². The van der Waals surface area contributed by atoms with Crippen LogP contribution in [0, 0.1) is 0 Å². The van der Waals surface area contributed by atoms with Crippen LogP contribution in [0.4, 0.5) is 0 Å². The van der Waals surface area contributed by atoms with E-state index in [9.17, 15) is 4.79 Å². The fourth-order valence-electron chi connectivity index (χ4n) is 5.69. The minimum absolute atomic E-state index is 0.242. The molecule has 0 fully saturated rings. The molecule has 0 saturated carbocycles. The first-order valence-corrected chi connectivity index (χ1v) is 14.8. The van der Waals surface area contributed by atoms with Gasteiger partial charge in [-0.05, 0) is 30.6 Å². The van der Waals surface area contributed by atoms with Gasteiger partial charge in [0.1, 0.15) is 29.5 Å². The highest BCUT2D eigenvalue weighted by Crippen LogP contribution is 2.31. The van der Waals surface area contributed by atoms with E-state index < -0.39 is 13.4 Å². The molecule has 0 aliphatic heterocycles. The highest BCUT2D eigenvalue weighted by atomic mass is 16.5. The van der Waals surface area contributed by atoms with Crippen LogP contribution in [0.1, 0.15) is 119 Å². The molecule has 0 unspecified atom stereocenters. The Morgan fingerprint density at radius 3 is 1.90 bits per heavy atom. The van der Waals surface area contributed by atoms with Crippen LogP contribution in [0.5, 0.6) is 0 Å². The molecular formula is C32H44BN5O2. The van der Waals surface area contributed by atoms with Crippen LogP contribution < -0.4 is 10.3 Å². The highest BCUT2D eigenvalue weighted by Gasteiger charge is 2.27. The van der Waals surface area contributed by atoms with Crippen LogP contribution >= 0.6 is 0 Å². The zero-order valence-electron chi connectivity index (χ0n) is 25.8. The molecule has 4 rings (SSSR count). The van der Waals surface area contributed by atoms with Gasteiger partial charge in [-0.3, -0.25) is 0 Å². The van der Waals surface area contributed by atoms with Crippen LogP contribution in [0.15, 0.2) is 55.0 Å². The Bertz CT molecular complexity index is 1350. The number of nitrogens with zero attached hydrogens (tertiary/aromatic N) is 5. The molecule has 0 spiro atoms. The van der Waals surface area contributed by atoms with Crippen molar-refractivity contribution in [3.05, 3.63) is 82.9 Å². The van der Waals surface area contributed by atoms with Crippen molar-refractivity contribution in [1.29, 1.82) is 0 Å². The zero-order valence-corrected chi connectivity index (χ0v) is 25.8. The number of carbonyl (C=O) groups is 1. The molecule has 0 amide bonds. The third-order valence-electron chi connectivity index (χ3n) is 7.75. The fraction of sp³-hybridized carbons (Fsp3) is 0.438. The Morgan fingerprint density at radius 2 is 1.40 bits per heavy atom. The average molecular weight is 542 g/mol. The van der Waals surface area contributed by atoms with E-state index in [-0.39, 0.29) is 5.69 Å². The summed E-state index contributed by atoms with van der Waals surface area (Å²) in [6.07, 6.45) is 6.14. The molecule has 0 aliphatic rings. The lowest BCUT2D eigenvalue weighted by atomic mass is 9.88. The third kappa shape index (κ3) is 5.76. The summed E-state index contributed by atoms with van der Waals surface area (Å²) in [5, 5.41) is 8.54. The smallest absolute Gasteiger partial charge is 0.360 e. The summed E-state index contributed by atoms with van der Waals surface area (Å²) in [5.41, 5.74) is 9.13. The minimum atomic E-state index is -1.09. The minimum Gasteiger partial charge on any atom is -0.461 e. The van der Waals surface area contributed by atoms with E-state index in [1.165, 1.54) is 33.6 Å². The van der Waals surface area contributed by atoms with Crippen molar-refractivity contribution in [2.45, 2.75) is 86.0 Å². The molecule has 7 nitrogen and oxygen atoms in total. The van der Waals surface area contributed by atoms with E-state index in [4.69, 9.17) is 4.74 Å². The summed E-state index contributed by atoms with van der Waals surface area (Å²) in [5.74, 6) is 0.978. The van der Waals surface area contributed by atoms with Crippen molar-refractivity contribution in [2.75, 3.05) is 6.61 Å². The van der Waals surface area contributed by atoms with E-state index in [0.717, 1.165) is 5.72 Å². The predicted octanol–water partition coefficient (Wildman–Crippen LogP) is 5.27. The molecular weight excluding hydrogens is 497 g/mol. The molecule has 0 N–H and O–H groups in total. The van der Waals surface area contributed by atoms with Crippen LogP contribution in [-0.2, 0) is 4.74 Å². The molecule has 2 aromatic heterocycles. The van der Waals surface area contributed by atoms with Gasteiger partial charge in [0.25, 0.3) is 0 Å². The maximum absolute atomic E-state index is 12.4. The van der Waals surface area contributed by atoms with Crippen LogP contribution in [0.3, 0.4) is 0 Å². The molecule has 4 aromatic rings. The third-order valence-corrected chi connectivity index (χ3v) is 7.75. The van der Waals surface area contributed by atoms with Crippen molar-refractivity contribution >= 4 is 19.1 Å². The number of aromatic nitrogens is 5. The molecule has 2 aromatic carbocycles. The molecule has 40 heavy (non-hydrogen) atoms. The second kappa shape index (κ2) is 12.2. The Morgan fingerprint density at radius 1 is 0.875 bits per heavy atom. The van der Waals surface area contributed by atoms with Crippen molar-refractivity contribution in [3.63, 3.8) is 0 Å². The monoisotopic (exact) mass is 541 g/mol. The second-order valence-corrected chi connectivity index (χ2v) is 12.0. The number of ether oxygens (including phenoxy) is 1. The number of esters is 1. The van der Waals surface area contributed by atoms with Crippen LogP contribution in [0.2, 0.25) is 0 Å². The van der Waals surface area contributed by atoms with Crippen LogP contribution in [-0.4, -0.2) is 39.5 Å². The number of para-hydroxylation sites is 2. The van der Waals surface area contributed by atoms with Gasteiger partial charge in [-0.1, -0.05) is 91.8 Å². The first kappa shape index (κ1) is 29.3. The van der Waals surface area contributed by atoms with E-state index in [1.807, 2.05) is 4.59 Å². The first-order chi connectivity index (χ1) is 19.0. The largest absolute Gasteiger partial charge is 0.461 e. The van der Waals surface area contributed by atoms with Gasteiger partial charge in [0.15, 0.2) is 5.69 Å². The highest BCUT2D eigenvalue weighted by molar-refractivity contribution is 6.48. The molecule has 0 saturated heterocycles. The fourth-order valence-corrected chi connectivity index (χ4v) is 5.69. The maximum Gasteiger partial charge on any atom is 0.360 e. The molecule has 212 valence electrons. The first-order valence-electron chi connectivity index (χ1n) is 14.8. The summed E-state index contributed by atoms with van der Waals surface area (Å²) >= 11 is 0. The van der Waals surface area contributed by atoms with Gasteiger partial charge in [0.2, 0.25) is 7.41 Å². The second-order valence-electron chi connectivity index (χ2n) is 12.0. The summed E-state index contributed by atoms with van der Waals surface area (Å²) in [6, 6.07) is 13.3. The summed E-state index contributed by atoms with van der Waals surface area (Å²) in [6.45, 7) is 20.1.